The first-order chi connectivity index (χ1) is 20.7. The molecule has 1 saturated heterocycles. The Morgan fingerprint density at radius 2 is 1.63 bits per heavy atom. The number of imidazole rings is 1. The SMILES string of the molecule is CCc1cc(C)c(C)c(C)c1.CN1CCCCC1CCC=O.CN1CCn2cc(CCc3ccncc3)nc2C1.COC. The molecule has 2 aliphatic heterocycles. The Labute approximate surface area is 261 Å². The standard InChI is InChI=1S/C14H18N4.C11H16.C9H17NO.C2H6O/c1-17-8-9-18-10-13(16-14(18)11-17)3-2-12-4-6-15-7-5-12;1-5-11-6-8(2)10(4)9(3)7-11;1-10-7-3-2-5-9(10)6-4-8-11;1-3-2/h4-7,10H,2-3,8-9,11H2,1H3;6-7H,5H2,1-4H3;8-9H,2-7H2,1H3;1-2H3. The third kappa shape index (κ3) is 13.1. The van der Waals surface area contributed by atoms with E-state index in [2.05, 4.69) is 96.3 Å². The van der Waals surface area contributed by atoms with Crippen molar-refractivity contribution in [3.05, 3.63) is 82.2 Å². The third-order valence-electron chi connectivity index (χ3n) is 8.40. The highest BCUT2D eigenvalue weighted by atomic mass is 16.4. The molecule has 2 aromatic heterocycles. The van der Waals surface area contributed by atoms with Crippen molar-refractivity contribution in [2.45, 2.75) is 98.2 Å². The summed E-state index contributed by atoms with van der Waals surface area (Å²) in [5, 5.41) is 0. The zero-order valence-electron chi connectivity index (χ0n) is 28.2. The number of carbonyl (C=O) groups is 1. The highest BCUT2D eigenvalue weighted by Crippen LogP contribution is 2.18. The number of likely N-dealkylation sites (N-methyl/N-ethyl adjacent to an activating group) is 1. The van der Waals surface area contributed by atoms with E-state index in [9.17, 15) is 4.79 Å². The van der Waals surface area contributed by atoms with Crippen LogP contribution in [0.5, 0.6) is 0 Å². The summed E-state index contributed by atoms with van der Waals surface area (Å²) >= 11 is 0. The van der Waals surface area contributed by atoms with Gasteiger partial charge in [-0.25, -0.2) is 4.98 Å². The van der Waals surface area contributed by atoms with E-state index in [4.69, 9.17) is 4.98 Å². The molecule has 4 heterocycles. The molecule has 7 heteroatoms. The summed E-state index contributed by atoms with van der Waals surface area (Å²) in [5.74, 6) is 1.20. The van der Waals surface area contributed by atoms with Crippen LogP contribution in [-0.4, -0.2) is 78.1 Å². The minimum Gasteiger partial charge on any atom is -0.388 e. The van der Waals surface area contributed by atoms with Gasteiger partial charge in [0.1, 0.15) is 12.1 Å². The summed E-state index contributed by atoms with van der Waals surface area (Å²) in [7, 11) is 7.56. The van der Waals surface area contributed by atoms with Crippen molar-refractivity contribution >= 4 is 6.29 Å². The van der Waals surface area contributed by atoms with Gasteiger partial charge in [-0.15, -0.1) is 0 Å². The second-order valence-corrected chi connectivity index (χ2v) is 11.9. The molecule has 43 heavy (non-hydrogen) atoms. The van der Waals surface area contributed by atoms with Gasteiger partial charge in [-0.2, -0.15) is 0 Å². The van der Waals surface area contributed by atoms with Crippen LogP contribution in [0.15, 0.2) is 42.9 Å². The number of aryl methyl sites for hydroxylation is 5. The third-order valence-corrected chi connectivity index (χ3v) is 8.40. The Morgan fingerprint density at radius 3 is 2.23 bits per heavy atom. The van der Waals surface area contributed by atoms with Gasteiger partial charge in [0.25, 0.3) is 0 Å². The second-order valence-electron chi connectivity index (χ2n) is 11.9. The monoisotopic (exact) mass is 591 g/mol. The van der Waals surface area contributed by atoms with E-state index < -0.39 is 0 Å². The molecule has 0 aliphatic carbocycles. The molecular formula is C36H57N5O2. The lowest BCUT2D eigenvalue weighted by molar-refractivity contribution is -0.108. The normalized spacial score (nSPS) is 16.4. The highest BCUT2D eigenvalue weighted by molar-refractivity contribution is 5.49. The van der Waals surface area contributed by atoms with Gasteiger partial charge in [-0.1, -0.05) is 25.5 Å². The Bertz CT molecular complexity index is 1170. The lowest BCUT2D eigenvalue weighted by Gasteiger charge is -2.31. The molecule has 7 nitrogen and oxygen atoms in total. The van der Waals surface area contributed by atoms with Crippen LogP contribution in [0.4, 0.5) is 0 Å². The smallest absolute Gasteiger partial charge is 0.123 e. The number of carbonyl (C=O) groups excluding carboxylic acids is 1. The molecule has 0 amide bonds. The predicted molar refractivity (Wildman–Crippen MR) is 179 cm³/mol. The molecule has 0 N–H and O–H groups in total. The molecule has 1 aromatic carbocycles. The van der Waals surface area contributed by atoms with Crippen LogP contribution in [-0.2, 0) is 41.9 Å². The molecule has 5 rings (SSSR count). The van der Waals surface area contributed by atoms with Gasteiger partial charge >= 0.3 is 0 Å². The zero-order valence-corrected chi connectivity index (χ0v) is 28.2. The Kier molecular flexibility index (Phi) is 17.0. The Morgan fingerprint density at radius 1 is 0.953 bits per heavy atom. The van der Waals surface area contributed by atoms with E-state index in [1.54, 1.807) is 14.2 Å². The van der Waals surface area contributed by atoms with Crippen molar-refractivity contribution in [2.24, 2.45) is 0 Å². The van der Waals surface area contributed by atoms with Gasteiger partial charge in [0.05, 0.1) is 12.2 Å². The predicted octanol–water partition coefficient (Wildman–Crippen LogP) is 6.40. The second kappa shape index (κ2) is 20.2. The van der Waals surface area contributed by atoms with Crippen LogP contribution < -0.4 is 0 Å². The van der Waals surface area contributed by atoms with Crippen LogP contribution in [0.1, 0.15) is 78.4 Å². The summed E-state index contributed by atoms with van der Waals surface area (Å²) in [4.78, 5) is 23.6. The number of likely N-dealkylation sites (tertiary alicyclic amines) is 1. The number of pyridine rings is 1. The van der Waals surface area contributed by atoms with E-state index in [-0.39, 0.29) is 0 Å². The van der Waals surface area contributed by atoms with E-state index in [1.807, 2.05) is 12.4 Å². The first-order valence-electron chi connectivity index (χ1n) is 15.9. The van der Waals surface area contributed by atoms with E-state index in [0.29, 0.717) is 6.04 Å². The molecular weight excluding hydrogens is 534 g/mol. The summed E-state index contributed by atoms with van der Waals surface area (Å²) in [6, 6.07) is 9.38. The summed E-state index contributed by atoms with van der Waals surface area (Å²) in [6.45, 7) is 13.1. The number of benzene rings is 1. The molecule has 1 unspecified atom stereocenters. The van der Waals surface area contributed by atoms with Gasteiger partial charge in [0.2, 0.25) is 0 Å². The molecule has 3 aromatic rings. The van der Waals surface area contributed by atoms with Crippen molar-refractivity contribution in [1.82, 2.24) is 24.3 Å². The number of aromatic nitrogens is 3. The minimum absolute atomic E-state index is 0.675. The van der Waals surface area contributed by atoms with E-state index in [1.165, 1.54) is 65.1 Å². The molecule has 0 radical (unpaired) electrons. The number of methoxy groups -OCH3 is 1. The lowest BCUT2D eigenvalue weighted by atomic mass is 9.99. The quantitative estimate of drug-likeness (QED) is 0.297. The Hall–Kier alpha value is -2.87. The average Bonchev–Trinajstić information content (AvgIpc) is 3.42. The Balaban J connectivity index is 0.000000225. The fraction of sp³-hybridized carbons (Fsp3) is 0.583. The first kappa shape index (κ1) is 36.3. The van der Waals surface area contributed by atoms with Crippen molar-refractivity contribution in [3.8, 4) is 0 Å². The van der Waals surface area contributed by atoms with Crippen LogP contribution in [0.25, 0.3) is 0 Å². The van der Waals surface area contributed by atoms with Crippen LogP contribution in [0.3, 0.4) is 0 Å². The number of nitrogens with zero attached hydrogens (tertiary/aromatic N) is 5. The zero-order chi connectivity index (χ0) is 31.6. The number of fused-ring (bicyclic) bond motifs is 1. The van der Waals surface area contributed by atoms with Gasteiger partial charge < -0.3 is 19.0 Å². The molecule has 0 spiro atoms. The number of aldehydes is 1. The number of rotatable bonds is 7. The number of hydrogen-bond acceptors (Lipinski definition) is 6. The topological polar surface area (TPSA) is 63.5 Å². The van der Waals surface area contributed by atoms with Crippen molar-refractivity contribution in [3.63, 3.8) is 0 Å². The van der Waals surface area contributed by atoms with E-state index >= 15 is 0 Å². The fourth-order valence-corrected chi connectivity index (χ4v) is 5.47. The molecule has 2 aliphatic rings. The molecule has 0 saturated carbocycles. The maximum atomic E-state index is 10.1. The van der Waals surface area contributed by atoms with Crippen LogP contribution >= 0.6 is 0 Å². The number of hydrogen-bond donors (Lipinski definition) is 0. The average molecular weight is 592 g/mol. The summed E-state index contributed by atoms with van der Waals surface area (Å²) in [6.07, 6.45) is 15.9. The molecule has 1 fully saturated rings. The summed E-state index contributed by atoms with van der Waals surface area (Å²) in [5.41, 5.74) is 8.25. The van der Waals surface area contributed by atoms with Gasteiger partial charge in [0, 0.05) is 58.4 Å². The van der Waals surface area contributed by atoms with Crippen molar-refractivity contribution in [2.75, 3.05) is 41.4 Å². The lowest BCUT2D eigenvalue weighted by Crippen LogP contribution is -2.36. The molecule has 238 valence electrons. The minimum atomic E-state index is 0.675. The van der Waals surface area contributed by atoms with Crippen molar-refractivity contribution < 1.29 is 9.53 Å². The van der Waals surface area contributed by atoms with Crippen LogP contribution in [0.2, 0.25) is 0 Å². The largest absolute Gasteiger partial charge is 0.388 e. The highest BCUT2D eigenvalue weighted by Gasteiger charge is 2.17. The fourth-order valence-electron chi connectivity index (χ4n) is 5.47. The molecule has 0 bridgehead atoms. The number of piperidine rings is 1. The van der Waals surface area contributed by atoms with Crippen LogP contribution in [0, 0.1) is 20.8 Å². The van der Waals surface area contributed by atoms with Crippen molar-refractivity contribution in [1.29, 1.82) is 0 Å². The van der Waals surface area contributed by atoms with Gasteiger partial charge in [0.15, 0.2) is 0 Å². The van der Waals surface area contributed by atoms with Gasteiger partial charge in [-0.05, 0) is 120 Å². The maximum absolute atomic E-state index is 10.1. The summed E-state index contributed by atoms with van der Waals surface area (Å²) < 4.78 is 6.54. The maximum Gasteiger partial charge on any atom is 0.123 e. The first-order valence-corrected chi connectivity index (χ1v) is 15.9. The molecule has 1 atom stereocenters. The number of ether oxygens (including phenoxy) is 1. The van der Waals surface area contributed by atoms with E-state index in [0.717, 1.165) is 58.0 Å². The van der Waals surface area contributed by atoms with Gasteiger partial charge in [-0.3, -0.25) is 9.88 Å².